The highest BCUT2D eigenvalue weighted by atomic mass is 16.2. The van der Waals surface area contributed by atoms with Crippen molar-refractivity contribution < 1.29 is 9.59 Å². The van der Waals surface area contributed by atoms with Crippen LogP contribution in [0.4, 0.5) is 5.69 Å². The van der Waals surface area contributed by atoms with E-state index in [1.165, 1.54) is 10.9 Å². The molecule has 140 valence electrons. The number of nitrogens with zero attached hydrogens (tertiary/aromatic N) is 1. The Balaban J connectivity index is 1.26. The molecule has 2 amide bonds. The molecule has 3 N–H and O–H groups in total. The highest BCUT2D eigenvalue weighted by molar-refractivity contribution is 5.99. The Morgan fingerprint density at radius 3 is 2.79 bits per heavy atom. The zero-order valence-corrected chi connectivity index (χ0v) is 15.2. The number of para-hydroxylation sites is 1. The number of benzene rings is 2. The standard InChI is InChI=1S/C22H20N4O2/c23-12-14-4-3-5-16(10-14)26-22(28)19-11-18(19)21(27)24-9-8-15-13-25-20-7-2-1-6-17(15)20/h1-7,10,13,18-19,25H,8-9,11H2,(H,24,27)(H,26,28). The Bertz CT molecular complexity index is 1080. The highest BCUT2D eigenvalue weighted by Gasteiger charge is 2.47. The average Bonchev–Trinajstić information content (AvgIpc) is 3.43. The van der Waals surface area contributed by atoms with Crippen LogP contribution in [0.2, 0.25) is 0 Å². The van der Waals surface area contributed by atoms with Gasteiger partial charge in [0.25, 0.3) is 0 Å². The van der Waals surface area contributed by atoms with Crippen molar-refractivity contribution in [2.45, 2.75) is 12.8 Å². The molecular weight excluding hydrogens is 352 g/mol. The van der Waals surface area contributed by atoms with Crippen LogP contribution in [0.1, 0.15) is 17.5 Å². The lowest BCUT2D eigenvalue weighted by atomic mass is 10.1. The molecule has 0 radical (unpaired) electrons. The maximum absolute atomic E-state index is 12.3. The summed E-state index contributed by atoms with van der Waals surface area (Å²) in [5, 5.41) is 15.8. The number of aromatic nitrogens is 1. The van der Waals surface area contributed by atoms with Gasteiger partial charge < -0.3 is 15.6 Å². The van der Waals surface area contributed by atoms with E-state index in [2.05, 4.69) is 21.7 Å². The van der Waals surface area contributed by atoms with Gasteiger partial charge in [0.05, 0.1) is 23.5 Å². The topological polar surface area (TPSA) is 97.8 Å². The third-order valence-electron chi connectivity index (χ3n) is 5.09. The first-order valence-corrected chi connectivity index (χ1v) is 9.29. The predicted octanol–water partition coefficient (Wildman–Crippen LogP) is 2.97. The van der Waals surface area contributed by atoms with Gasteiger partial charge in [0.1, 0.15) is 0 Å². The van der Waals surface area contributed by atoms with E-state index in [0.717, 1.165) is 11.9 Å². The zero-order valence-electron chi connectivity index (χ0n) is 15.2. The normalized spacial score (nSPS) is 17.7. The number of rotatable bonds is 6. The molecule has 1 aliphatic rings. The minimum absolute atomic E-state index is 0.0780. The molecule has 0 bridgehead atoms. The van der Waals surface area contributed by atoms with Gasteiger partial charge in [-0.3, -0.25) is 9.59 Å². The summed E-state index contributed by atoms with van der Waals surface area (Å²) in [5.41, 5.74) is 3.32. The van der Waals surface area contributed by atoms with Crippen molar-refractivity contribution in [3.63, 3.8) is 0 Å². The Hall–Kier alpha value is -3.59. The van der Waals surface area contributed by atoms with Crippen LogP contribution in [0.25, 0.3) is 10.9 Å². The number of carbonyl (C=O) groups is 2. The second kappa shape index (κ2) is 7.57. The summed E-state index contributed by atoms with van der Waals surface area (Å²) in [6.45, 7) is 0.537. The number of H-pyrrole nitrogens is 1. The molecule has 2 aromatic carbocycles. The molecule has 3 aromatic rings. The second-order valence-corrected chi connectivity index (χ2v) is 7.03. The number of amides is 2. The fourth-order valence-corrected chi connectivity index (χ4v) is 3.47. The largest absolute Gasteiger partial charge is 0.361 e. The molecule has 2 unspecified atom stereocenters. The van der Waals surface area contributed by atoms with Gasteiger partial charge in [-0.15, -0.1) is 0 Å². The molecule has 6 nitrogen and oxygen atoms in total. The molecule has 1 aromatic heterocycles. The van der Waals surface area contributed by atoms with Crippen molar-refractivity contribution in [3.8, 4) is 6.07 Å². The lowest BCUT2D eigenvalue weighted by Crippen LogP contribution is -2.29. The quantitative estimate of drug-likeness (QED) is 0.620. The molecule has 1 aliphatic carbocycles. The molecular formula is C22H20N4O2. The molecule has 4 rings (SSSR count). The van der Waals surface area contributed by atoms with Crippen molar-refractivity contribution in [1.82, 2.24) is 10.3 Å². The van der Waals surface area contributed by atoms with Gasteiger partial charge in [0, 0.05) is 29.3 Å². The van der Waals surface area contributed by atoms with E-state index in [1.54, 1.807) is 24.3 Å². The lowest BCUT2D eigenvalue weighted by Gasteiger charge is -2.06. The molecule has 1 heterocycles. The third-order valence-corrected chi connectivity index (χ3v) is 5.09. The van der Waals surface area contributed by atoms with Crippen LogP contribution in [-0.4, -0.2) is 23.3 Å². The maximum Gasteiger partial charge on any atom is 0.228 e. The van der Waals surface area contributed by atoms with Gasteiger partial charge in [0.2, 0.25) is 11.8 Å². The van der Waals surface area contributed by atoms with Crippen molar-refractivity contribution in [2.24, 2.45) is 11.8 Å². The SMILES string of the molecule is N#Cc1cccc(NC(=O)C2CC2C(=O)NCCc2c[nH]c3ccccc23)c1. The first-order chi connectivity index (χ1) is 13.7. The third kappa shape index (κ3) is 3.74. The Morgan fingerprint density at radius 2 is 1.93 bits per heavy atom. The highest BCUT2D eigenvalue weighted by Crippen LogP contribution is 2.39. The number of hydrogen-bond acceptors (Lipinski definition) is 3. The van der Waals surface area contributed by atoms with Crippen LogP contribution in [0.3, 0.4) is 0 Å². The van der Waals surface area contributed by atoms with Gasteiger partial charge in [-0.05, 0) is 42.7 Å². The van der Waals surface area contributed by atoms with Gasteiger partial charge in [-0.2, -0.15) is 5.26 Å². The molecule has 0 spiro atoms. The summed E-state index contributed by atoms with van der Waals surface area (Å²) in [5.74, 6) is -0.835. The van der Waals surface area contributed by atoms with Crippen LogP contribution in [0, 0.1) is 23.2 Å². The molecule has 0 aliphatic heterocycles. The molecule has 6 heteroatoms. The number of fused-ring (bicyclic) bond motifs is 1. The van der Waals surface area contributed by atoms with E-state index >= 15 is 0 Å². The zero-order chi connectivity index (χ0) is 19.5. The number of nitriles is 1. The molecule has 2 atom stereocenters. The van der Waals surface area contributed by atoms with Crippen molar-refractivity contribution >= 4 is 28.4 Å². The van der Waals surface area contributed by atoms with Gasteiger partial charge in [-0.25, -0.2) is 0 Å². The minimum Gasteiger partial charge on any atom is -0.361 e. The molecule has 0 saturated heterocycles. The molecule has 28 heavy (non-hydrogen) atoms. The van der Waals surface area contributed by atoms with Crippen LogP contribution in [0.15, 0.2) is 54.7 Å². The number of anilines is 1. The number of carbonyl (C=O) groups excluding carboxylic acids is 2. The van der Waals surface area contributed by atoms with E-state index in [1.807, 2.05) is 30.5 Å². The van der Waals surface area contributed by atoms with Gasteiger partial charge in [0.15, 0.2) is 0 Å². The first kappa shape index (κ1) is 17.8. The lowest BCUT2D eigenvalue weighted by molar-refractivity contribution is -0.125. The van der Waals surface area contributed by atoms with E-state index in [0.29, 0.717) is 24.2 Å². The van der Waals surface area contributed by atoms with Crippen LogP contribution in [0.5, 0.6) is 0 Å². The van der Waals surface area contributed by atoms with E-state index in [9.17, 15) is 9.59 Å². The van der Waals surface area contributed by atoms with Gasteiger partial charge >= 0.3 is 0 Å². The number of aromatic amines is 1. The molecule has 1 fully saturated rings. The van der Waals surface area contributed by atoms with Crippen molar-refractivity contribution in [3.05, 3.63) is 65.9 Å². The predicted molar refractivity (Wildman–Crippen MR) is 106 cm³/mol. The van der Waals surface area contributed by atoms with E-state index < -0.39 is 0 Å². The summed E-state index contributed by atoms with van der Waals surface area (Å²) in [7, 11) is 0. The maximum atomic E-state index is 12.3. The van der Waals surface area contributed by atoms with E-state index in [-0.39, 0.29) is 23.7 Å². The fraction of sp³-hybridized carbons (Fsp3) is 0.227. The summed E-state index contributed by atoms with van der Waals surface area (Å²) in [6.07, 6.45) is 3.27. The Labute approximate surface area is 162 Å². The second-order valence-electron chi connectivity index (χ2n) is 7.03. The summed E-state index contributed by atoms with van der Waals surface area (Å²) in [6, 6.07) is 16.9. The number of hydrogen-bond donors (Lipinski definition) is 3. The number of nitrogens with one attached hydrogen (secondary N) is 3. The van der Waals surface area contributed by atoms with Gasteiger partial charge in [-0.1, -0.05) is 24.3 Å². The smallest absolute Gasteiger partial charge is 0.228 e. The Kier molecular flexibility index (Phi) is 4.81. The minimum atomic E-state index is -0.307. The summed E-state index contributed by atoms with van der Waals surface area (Å²) < 4.78 is 0. The summed E-state index contributed by atoms with van der Waals surface area (Å²) >= 11 is 0. The summed E-state index contributed by atoms with van der Waals surface area (Å²) in [4.78, 5) is 27.9. The average molecular weight is 372 g/mol. The van der Waals surface area contributed by atoms with E-state index in [4.69, 9.17) is 5.26 Å². The fourth-order valence-electron chi connectivity index (χ4n) is 3.47. The van der Waals surface area contributed by atoms with Crippen LogP contribution < -0.4 is 10.6 Å². The Morgan fingerprint density at radius 1 is 1.11 bits per heavy atom. The first-order valence-electron chi connectivity index (χ1n) is 9.29. The van der Waals surface area contributed by atoms with Crippen molar-refractivity contribution in [2.75, 3.05) is 11.9 Å². The molecule has 1 saturated carbocycles. The van der Waals surface area contributed by atoms with Crippen molar-refractivity contribution in [1.29, 1.82) is 5.26 Å². The van der Waals surface area contributed by atoms with Crippen LogP contribution >= 0.6 is 0 Å². The monoisotopic (exact) mass is 372 g/mol. The van der Waals surface area contributed by atoms with Crippen LogP contribution in [-0.2, 0) is 16.0 Å².